The molecule has 2 unspecified atom stereocenters. The molecule has 3 aromatic rings. The predicted molar refractivity (Wildman–Crippen MR) is 123 cm³/mol. The zero-order chi connectivity index (χ0) is 23.3. The topological polar surface area (TPSA) is 112 Å². The van der Waals surface area contributed by atoms with Crippen LogP contribution in [0, 0.1) is 5.92 Å². The van der Waals surface area contributed by atoms with E-state index in [0.29, 0.717) is 17.1 Å². The molecule has 0 aliphatic carbocycles. The molecule has 8 heteroatoms. The molecule has 0 bridgehead atoms. The second-order valence-corrected chi connectivity index (χ2v) is 8.22. The van der Waals surface area contributed by atoms with Crippen molar-refractivity contribution in [3.05, 3.63) is 91.7 Å². The number of aliphatic hydroxyl groups is 1. The molecule has 7 nitrogen and oxygen atoms in total. The Hall–Kier alpha value is -3.16. The normalized spacial score (nSPS) is 13.0. The summed E-state index contributed by atoms with van der Waals surface area (Å²) in [6.07, 6.45) is 0.0609. The molecule has 168 valence electrons. The number of halogens is 1. The lowest BCUT2D eigenvalue weighted by Gasteiger charge is -2.19. The number of carboxylic acids is 1. The summed E-state index contributed by atoms with van der Waals surface area (Å²) < 4.78 is 1.27. The van der Waals surface area contributed by atoms with E-state index in [4.69, 9.17) is 11.6 Å². The lowest BCUT2D eigenvalue weighted by molar-refractivity contribution is -0.146. The van der Waals surface area contributed by atoms with Crippen molar-refractivity contribution in [2.45, 2.75) is 31.8 Å². The number of aromatic amines is 1. The summed E-state index contributed by atoms with van der Waals surface area (Å²) in [5, 5.41) is 20.8. The average molecular weight is 457 g/mol. The first kappa shape index (κ1) is 23.5. The summed E-state index contributed by atoms with van der Waals surface area (Å²) in [5.41, 5.74) is 2.41. The number of aliphatic carboxylic acids is 1. The minimum absolute atomic E-state index is 0.114. The largest absolute Gasteiger partial charge is 0.481 e. The Kier molecular flexibility index (Phi) is 7.66. The van der Waals surface area contributed by atoms with Crippen LogP contribution in [0.3, 0.4) is 0 Å². The van der Waals surface area contributed by atoms with Crippen LogP contribution in [0.1, 0.15) is 24.1 Å². The van der Waals surface area contributed by atoms with Crippen molar-refractivity contribution in [3.8, 4) is 11.1 Å². The summed E-state index contributed by atoms with van der Waals surface area (Å²) in [6, 6.07) is 16.7. The number of hydrogen-bond acceptors (Lipinski definition) is 4. The highest BCUT2D eigenvalue weighted by Crippen LogP contribution is 2.23. The van der Waals surface area contributed by atoms with Gasteiger partial charge in [-0.25, -0.2) is 4.79 Å². The van der Waals surface area contributed by atoms with Crippen LogP contribution >= 0.6 is 11.6 Å². The minimum Gasteiger partial charge on any atom is -0.481 e. The molecule has 2 aromatic carbocycles. The monoisotopic (exact) mass is 456 g/mol. The predicted octanol–water partition coefficient (Wildman–Crippen LogP) is 3.02. The van der Waals surface area contributed by atoms with Crippen LogP contribution in [0.25, 0.3) is 11.1 Å². The highest BCUT2D eigenvalue weighted by Gasteiger charge is 2.26. The maximum atomic E-state index is 11.7. The molecular weight excluding hydrogens is 432 g/mol. The van der Waals surface area contributed by atoms with Crippen molar-refractivity contribution in [2.75, 3.05) is 0 Å². The third-order valence-electron chi connectivity index (χ3n) is 5.62. The van der Waals surface area contributed by atoms with Crippen LogP contribution in [0.2, 0.25) is 5.02 Å². The molecule has 3 N–H and O–H groups in total. The van der Waals surface area contributed by atoms with E-state index < -0.39 is 29.2 Å². The Morgan fingerprint density at radius 1 is 1.00 bits per heavy atom. The van der Waals surface area contributed by atoms with Gasteiger partial charge < -0.3 is 14.8 Å². The van der Waals surface area contributed by atoms with E-state index in [1.807, 2.05) is 48.5 Å². The highest BCUT2D eigenvalue weighted by atomic mass is 35.5. The van der Waals surface area contributed by atoms with E-state index in [1.165, 1.54) is 17.7 Å². The van der Waals surface area contributed by atoms with Gasteiger partial charge in [-0.05, 0) is 54.5 Å². The fourth-order valence-corrected chi connectivity index (χ4v) is 3.78. The molecule has 0 radical (unpaired) electrons. The molecule has 0 aliphatic heterocycles. The number of aliphatic hydroxyl groups excluding tert-OH is 1. The van der Waals surface area contributed by atoms with Crippen molar-refractivity contribution < 1.29 is 15.0 Å². The van der Waals surface area contributed by atoms with Crippen molar-refractivity contribution >= 4 is 17.6 Å². The van der Waals surface area contributed by atoms with E-state index in [2.05, 4.69) is 4.98 Å². The van der Waals surface area contributed by atoms with Gasteiger partial charge in [0.05, 0.1) is 12.0 Å². The molecule has 32 heavy (non-hydrogen) atoms. The SMILES string of the molecule is Cn1c(CCC(C(=O)O)C(O)CCc2ccc(-c3ccc(Cl)cc3)cc2)cc(=O)[nH]c1=O. The molecular formula is C24H25ClN2O5. The first-order valence-corrected chi connectivity index (χ1v) is 10.7. The number of nitrogens with zero attached hydrogens (tertiary/aromatic N) is 1. The van der Waals surface area contributed by atoms with Crippen LogP contribution in [0.15, 0.2) is 64.2 Å². The van der Waals surface area contributed by atoms with Crippen molar-refractivity contribution in [1.29, 1.82) is 0 Å². The number of aryl methyl sites for hydroxylation is 2. The maximum absolute atomic E-state index is 11.7. The molecule has 0 saturated carbocycles. The first-order valence-electron chi connectivity index (χ1n) is 10.3. The molecule has 2 atom stereocenters. The fraction of sp³-hybridized carbons (Fsp3) is 0.292. The molecule has 0 fully saturated rings. The van der Waals surface area contributed by atoms with E-state index in [9.17, 15) is 24.6 Å². The van der Waals surface area contributed by atoms with Crippen molar-refractivity contribution in [1.82, 2.24) is 9.55 Å². The number of hydrogen-bond donors (Lipinski definition) is 3. The van der Waals surface area contributed by atoms with Gasteiger partial charge in [0.25, 0.3) is 5.56 Å². The average Bonchev–Trinajstić information content (AvgIpc) is 2.76. The number of nitrogens with one attached hydrogen (secondary N) is 1. The van der Waals surface area contributed by atoms with Crippen molar-refractivity contribution in [2.24, 2.45) is 13.0 Å². The van der Waals surface area contributed by atoms with E-state index >= 15 is 0 Å². The van der Waals surface area contributed by atoms with Gasteiger partial charge in [0, 0.05) is 23.8 Å². The third kappa shape index (κ3) is 5.96. The Labute approximate surface area is 189 Å². The quantitative estimate of drug-likeness (QED) is 0.458. The zero-order valence-electron chi connectivity index (χ0n) is 17.6. The number of H-pyrrole nitrogens is 1. The van der Waals surface area contributed by atoms with Gasteiger partial charge in [-0.2, -0.15) is 0 Å². The fourth-order valence-electron chi connectivity index (χ4n) is 3.65. The number of aromatic nitrogens is 2. The van der Waals surface area contributed by atoms with Crippen LogP contribution in [-0.4, -0.2) is 31.8 Å². The third-order valence-corrected chi connectivity index (χ3v) is 5.87. The summed E-state index contributed by atoms with van der Waals surface area (Å²) in [6.45, 7) is 0. The number of carbonyl (C=O) groups is 1. The summed E-state index contributed by atoms with van der Waals surface area (Å²) in [7, 11) is 1.51. The Morgan fingerprint density at radius 2 is 1.59 bits per heavy atom. The van der Waals surface area contributed by atoms with Gasteiger partial charge in [0.2, 0.25) is 0 Å². The molecule has 1 aromatic heterocycles. The first-order chi connectivity index (χ1) is 15.2. The summed E-state index contributed by atoms with van der Waals surface area (Å²) >= 11 is 5.93. The standard InChI is InChI=1S/C24H25ClN2O5/c1-27-19(14-22(29)26-24(27)32)11-12-20(23(30)31)21(28)13-4-15-2-5-16(6-3-15)17-7-9-18(25)10-8-17/h2-3,5-10,14,20-21,28H,4,11-13H2,1H3,(H,30,31)(H,26,29,32). The van der Waals surface area contributed by atoms with Crippen molar-refractivity contribution in [3.63, 3.8) is 0 Å². The molecule has 0 aliphatic rings. The minimum atomic E-state index is -1.11. The summed E-state index contributed by atoms with van der Waals surface area (Å²) in [4.78, 5) is 37.1. The van der Waals surface area contributed by atoms with Crippen LogP contribution < -0.4 is 11.2 Å². The number of carboxylic acid groups (broad SMARTS) is 1. The second kappa shape index (κ2) is 10.4. The molecule has 1 heterocycles. The van der Waals surface area contributed by atoms with Crippen LogP contribution in [-0.2, 0) is 24.7 Å². The Bertz CT molecular complexity index is 1180. The Morgan fingerprint density at radius 3 is 2.19 bits per heavy atom. The second-order valence-electron chi connectivity index (χ2n) is 7.78. The van der Waals surface area contributed by atoms with Gasteiger partial charge >= 0.3 is 11.7 Å². The Balaban J connectivity index is 1.61. The van der Waals surface area contributed by atoms with Crippen LogP contribution in [0.4, 0.5) is 0 Å². The molecule has 0 spiro atoms. The smallest absolute Gasteiger partial charge is 0.328 e. The van der Waals surface area contributed by atoms with Gasteiger partial charge in [0.1, 0.15) is 0 Å². The van der Waals surface area contributed by atoms with E-state index in [-0.39, 0.29) is 19.3 Å². The van der Waals surface area contributed by atoms with Gasteiger partial charge in [-0.15, -0.1) is 0 Å². The van der Waals surface area contributed by atoms with E-state index in [0.717, 1.165) is 16.7 Å². The lowest BCUT2D eigenvalue weighted by atomic mass is 9.91. The molecule has 3 rings (SSSR count). The van der Waals surface area contributed by atoms with Gasteiger partial charge in [-0.3, -0.25) is 14.6 Å². The zero-order valence-corrected chi connectivity index (χ0v) is 18.4. The lowest BCUT2D eigenvalue weighted by Crippen LogP contribution is -2.32. The molecule has 0 amide bonds. The van der Waals surface area contributed by atoms with E-state index in [1.54, 1.807) is 0 Å². The number of rotatable bonds is 9. The maximum Gasteiger partial charge on any atom is 0.328 e. The summed E-state index contributed by atoms with van der Waals surface area (Å²) in [5.74, 6) is -2.11. The highest BCUT2D eigenvalue weighted by molar-refractivity contribution is 6.30. The molecule has 0 saturated heterocycles. The van der Waals surface area contributed by atoms with Gasteiger partial charge in [-0.1, -0.05) is 48.0 Å². The van der Waals surface area contributed by atoms with Gasteiger partial charge in [0.15, 0.2) is 0 Å². The van der Waals surface area contributed by atoms with Crippen LogP contribution in [0.5, 0.6) is 0 Å². The number of benzene rings is 2.